The molecule has 0 bridgehead atoms. The molecule has 1 aliphatic carbocycles. The summed E-state index contributed by atoms with van der Waals surface area (Å²) in [6.07, 6.45) is 8.54. The summed E-state index contributed by atoms with van der Waals surface area (Å²) in [5, 5.41) is 0. The first kappa shape index (κ1) is 8.36. The maximum absolute atomic E-state index is 5.75. The average molecular weight is 174 g/mol. The van der Waals surface area contributed by atoms with E-state index in [1.54, 1.807) is 0 Å². The molecule has 2 atom stereocenters. The molecule has 0 aromatic heterocycles. The van der Waals surface area contributed by atoms with E-state index in [1.165, 1.54) is 5.57 Å². The molecule has 0 aromatic rings. The van der Waals surface area contributed by atoms with Crippen LogP contribution in [0.1, 0.15) is 13.8 Å². The van der Waals surface area contributed by atoms with Gasteiger partial charge in [-0.15, -0.1) is 0 Å². The fourth-order valence-corrected chi connectivity index (χ4v) is 1.88. The Labute approximate surface area is 79.1 Å². The van der Waals surface area contributed by atoms with E-state index in [0.29, 0.717) is 5.92 Å². The normalized spacial score (nSPS) is 31.7. The Balaban J connectivity index is 2.36. The number of hydrogen-bond acceptors (Lipinski definition) is 1. The highest BCUT2D eigenvalue weighted by Crippen LogP contribution is 2.33. The van der Waals surface area contributed by atoms with Gasteiger partial charge >= 0.3 is 0 Å². The first-order chi connectivity index (χ1) is 6.18. The van der Waals surface area contributed by atoms with E-state index >= 15 is 0 Å². The average Bonchev–Trinajstić information content (AvgIpc) is 2.07. The third-order valence-electron chi connectivity index (χ3n) is 2.58. The largest absolute Gasteiger partial charge is 0.490 e. The van der Waals surface area contributed by atoms with Gasteiger partial charge < -0.3 is 4.74 Å². The highest BCUT2D eigenvalue weighted by molar-refractivity contribution is 5.37. The molecule has 1 heterocycles. The van der Waals surface area contributed by atoms with Gasteiger partial charge in [-0.2, -0.15) is 0 Å². The number of rotatable bonds is 0. The Kier molecular flexibility index (Phi) is 1.87. The van der Waals surface area contributed by atoms with Gasteiger partial charge in [0.05, 0.1) is 5.76 Å². The number of hydrogen-bond donors (Lipinski definition) is 0. The lowest BCUT2D eigenvalue weighted by Crippen LogP contribution is -2.29. The summed E-state index contributed by atoms with van der Waals surface area (Å²) < 4.78 is 5.75. The first-order valence-corrected chi connectivity index (χ1v) is 4.57. The van der Waals surface area contributed by atoms with Crippen molar-refractivity contribution in [2.45, 2.75) is 20.0 Å². The van der Waals surface area contributed by atoms with Gasteiger partial charge in [0.25, 0.3) is 0 Å². The smallest absolute Gasteiger partial charge is 0.130 e. The summed E-state index contributed by atoms with van der Waals surface area (Å²) in [6, 6.07) is 0. The predicted molar refractivity (Wildman–Crippen MR) is 54.2 cm³/mol. The Morgan fingerprint density at radius 1 is 1.38 bits per heavy atom. The molecular weight excluding hydrogens is 160 g/mol. The van der Waals surface area contributed by atoms with E-state index < -0.39 is 0 Å². The molecule has 13 heavy (non-hydrogen) atoms. The second-order valence-corrected chi connectivity index (χ2v) is 3.69. The van der Waals surface area contributed by atoms with Crippen molar-refractivity contribution in [3.8, 4) is 0 Å². The fourth-order valence-electron chi connectivity index (χ4n) is 1.88. The van der Waals surface area contributed by atoms with E-state index in [1.807, 2.05) is 13.0 Å². The minimum Gasteiger partial charge on any atom is -0.490 e. The zero-order valence-electron chi connectivity index (χ0n) is 8.08. The maximum Gasteiger partial charge on any atom is 0.130 e. The topological polar surface area (TPSA) is 9.23 Å². The van der Waals surface area contributed by atoms with Crippen molar-refractivity contribution < 1.29 is 4.74 Å². The molecule has 0 N–H and O–H groups in total. The Hall–Kier alpha value is -1.24. The summed E-state index contributed by atoms with van der Waals surface area (Å²) in [7, 11) is 0. The molecule has 68 valence electrons. The Bertz CT molecular complexity index is 331. The molecule has 2 unspecified atom stereocenters. The molecular formula is C12H14O. The van der Waals surface area contributed by atoms with Crippen LogP contribution in [0.5, 0.6) is 0 Å². The molecule has 2 aliphatic rings. The fraction of sp³-hybridized carbons (Fsp3) is 0.333. The zero-order chi connectivity index (χ0) is 9.42. The third kappa shape index (κ3) is 1.35. The van der Waals surface area contributed by atoms with Crippen molar-refractivity contribution in [1.82, 2.24) is 0 Å². The summed E-state index contributed by atoms with van der Waals surface area (Å²) in [5.41, 5.74) is 2.43. The SMILES string of the molecule is C=C1C=C(C)OC2C(C)=CC=CC12. The quantitative estimate of drug-likeness (QED) is 0.548. The van der Waals surface area contributed by atoms with Crippen LogP contribution in [0.25, 0.3) is 0 Å². The van der Waals surface area contributed by atoms with E-state index in [-0.39, 0.29) is 6.10 Å². The van der Waals surface area contributed by atoms with Gasteiger partial charge in [-0.05, 0) is 31.1 Å². The summed E-state index contributed by atoms with van der Waals surface area (Å²) >= 11 is 0. The molecule has 0 amide bonds. The van der Waals surface area contributed by atoms with Crippen LogP contribution in [0.4, 0.5) is 0 Å². The van der Waals surface area contributed by atoms with Crippen LogP contribution < -0.4 is 0 Å². The van der Waals surface area contributed by atoms with Gasteiger partial charge in [0.2, 0.25) is 0 Å². The van der Waals surface area contributed by atoms with Crippen LogP contribution in [-0.4, -0.2) is 6.10 Å². The van der Waals surface area contributed by atoms with Crippen LogP contribution in [0.2, 0.25) is 0 Å². The molecule has 0 saturated carbocycles. The standard InChI is InChI=1S/C12H14O/c1-8-5-4-6-11-9(2)7-10(3)13-12(8)11/h4-7,11-12H,2H2,1,3H3. The number of ether oxygens (including phenoxy) is 1. The summed E-state index contributed by atoms with van der Waals surface area (Å²) in [5.74, 6) is 1.31. The van der Waals surface area contributed by atoms with E-state index in [4.69, 9.17) is 4.74 Å². The summed E-state index contributed by atoms with van der Waals surface area (Å²) in [6.45, 7) is 8.13. The Morgan fingerprint density at radius 2 is 2.15 bits per heavy atom. The van der Waals surface area contributed by atoms with Crippen LogP contribution in [0, 0.1) is 5.92 Å². The molecule has 1 heteroatoms. The predicted octanol–water partition coefficient (Wildman–Crippen LogP) is 2.98. The van der Waals surface area contributed by atoms with Crippen LogP contribution in [0.15, 0.2) is 47.8 Å². The van der Waals surface area contributed by atoms with E-state index in [0.717, 1.165) is 11.3 Å². The molecule has 0 radical (unpaired) electrons. The van der Waals surface area contributed by atoms with Crippen LogP contribution in [-0.2, 0) is 4.74 Å². The molecule has 0 aromatic carbocycles. The molecule has 2 rings (SSSR count). The highest BCUT2D eigenvalue weighted by Gasteiger charge is 2.29. The van der Waals surface area contributed by atoms with Crippen molar-refractivity contribution in [1.29, 1.82) is 0 Å². The minimum atomic E-state index is 0.183. The number of fused-ring (bicyclic) bond motifs is 1. The number of allylic oxidation sites excluding steroid dienone is 4. The molecule has 1 nitrogen and oxygen atoms in total. The maximum atomic E-state index is 5.75. The lowest BCUT2D eigenvalue weighted by Gasteiger charge is -2.33. The Morgan fingerprint density at radius 3 is 2.92 bits per heavy atom. The van der Waals surface area contributed by atoms with E-state index in [9.17, 15) is 0 Å². The molecule has 0 fully saturated rings. The second kappa shape index (κ2) is 2.91. The van der Waals surface area contributed by atoms with Crippen molar-refractivity contribution in [2.75, 3.05) is 0 Å². The molecule has 1 aliphatic heterocycles. The van der Waals surface area contributed by atoms with Crippen molar-refractivity contribution in [3.63, 3.8) is 0 Å². The van der Waals surface area contributed by atoms with E-state index in [2.05, 4.69) is 31.7 Å². The highest BCUT2D eigenvalue weighted by atomic mass is 16.5. The first-order valence-electron chi connectivity index (χ1n) is 4.57. The lowest BCUT2D eigenvalue weighted by molar-refractivity contribution is 0.112. The molecule has 0 spiro atoms. The van der Waals surface area contributed by atoms with Crippen LogP contribution >= 0.6 is 0 Å². The van der Waals surface area contributed by atoms with Crippen LogP contribution in [0.3, 0.4) is 0 Å². The molecule has 0 saturated heterocycles. The van der Waals surface area contributed by atoms with Crippen molar-refractivity contribution >= 4 is 0 Å². The van der Waals surface area contributed by atoms with Crippen molar-refractivity contribution in [2.24, 2.45) is 5.92 Å². The van der Waals surface area contributed by atoms with Gasteiger partial charge in [0.15, 0.2) is 0 Å². The van der Waals surface area contributed by atoms with Gasteiger partial charge in [-0.1, -0.05) is 24.8 Å². The van der Waals surface area contributed by atoms with Gasteiger partial charge in [0, 0.05) is 5.92 Å². The van der Waals surface area contributed by atoms with Gasteiger partial charge in [-0.3, -0.25) is 0 Å². The van der Waals surface area contributed by atoms with Gasteiger partial charge in [0.1, 0.15) is 6.10 Å². The zero-order valence-corrected chi connectivity index (χ0v) is 8.08. The third-order valence-corrected chi connectivity index (χ3v) is 2.58. The monoisotopic (exact) mass is 174 g/mol. The second-order valence-electron chi connectivity index (χ2n) is 3.69. The minimum absolute atomic E-state index is 0.183. The summed E-state index contributed by atoms with van der Waals surface area (Å²) in [4.78, 5) is 0. The van der Waals surface area contributed by atoms with Crippen molar-refractivity contribution in [3.05, 3.63) is 47.8 Å². The lowest BCUT2D eigenvalue weighted by atomic mass is 9.84. The van der Waals surface area contributed by atoms with Gasteiger partial charge in [-0.25, -0.2) is 0 Å².